The van der Waals surface area contributed by atoms with E-state index in [0.717, 1.165) is 25.9 Å². The lowest BCUT2D eigenvalue weighted by atomic mass is 9.71. The summed E-state index contributed by atoms with van der Waals surface area (Å²) in [7, 11) is 0. The Morgan fingerprint density at radius 2 is 2.05 bits per heavy atom. The van der Waals surface area contributed by atoms with Crippen LogP contribution in [-0.2, 0) is 0 Å². The van der Waals surface area contributed by atoms with E-state index in [1.807, 2.05) is 0 Å². The molecule has 0 saturated heterocycles. The predicted octanol–water partition coefficient (Wildman–Crippen LogP) is 4.09. The molecule has 1 aliphatic carbocycles. The Labute approximate surface area is 114 Å². The van der Waals surface area contributed by atoms with Gasteiger partial charge in [-0.05, 0) is 55.3 Å². The molecule has 1 saturated carbocycles. The third kappa shape index (κ3) is 3.33. The largest absolute Gasteiger partial charge is 0.317 e. The molecule has 0 spiro atoms. The van der Waals surface area contributed by atoms with E-state index in [-0.39, 0.29) is 5.92 Å². The topological polar surface area (TPSA) is 12.0 Å². The molecule has 3 unspecified atom stereocenters. The zero-order valence-corrected chi connectivity index (χ0v) is 11.8. The molecule has 0 radical (unpaired) electrons. The minimum Gasteiger partial charge on any atom is -0.317 e. The SMILES string of the molecule is CCNCC1CCC(C)CC1c1cccc(F)c1F. The first-order valence-corrected chi connectivity index (χ1v) is 7.28. The lowest BCUT2D eigenvalue weighted by molar-refractivity contribution is 0.237. The lowest BCUT2D eigenvalue weighted by Crippen LogP contribution is -2.32. The van der Waals surface area contributed by atoms with Crippen LogP contribution in [0.5, 0.6) is 0 Å². The molecular formula is C16H23F2N. The van der Waals surface area contributed by atoms with Crippen LogP contribution in [0.3, 0.4) is 0 Å². The van der Waals surface area contributed by atoms with Crippen molar-refractivity contribution in [2.45, 2.75) is 39.0 Å². The van der Waals surface area contributed by atoms with Crippen molar-refractivity contribution in [3.05, 3.63) is 35.4 Å². The van der Waals surface area contributed by atoms with Crippen molar-refractivity contribution in [2.24, 2.45) is 11.8 Å². The van der Waals surface area contributed by atoms with Crippen LogP contribution < -0.4 is 5.32 Å². The molecule has 1 aromatic rings. The molecule has 0 heterocycles. The summed E-state index contributed by atoms with van der Waals surface area (Å²) in [5.41, 5.74) is 0.564. The summed E-state index contributed by atoms with van der Waals surface area (Å²) in [6, 6.07) is 4.57. The fourth-order valence-corrected chi connectivity index (χ4v) is 3.21. The van der Waals surface area contributed by atoms with Gasteiger partial charge in [-0.3, -0.25) is 0 Å². The highest BCUT2D eigenvalue weighted by Crippen LogP contribution is 2.41. The molecule has 1 aromatic carbocycles. The van der Waals surface area contributed by atoms with Gasteiger partial charge in [0.05, 0.1) is 0 Å². The average Bonchev–Trinajstić information content (AvgIpc) is 2.40. The Hall–Kier alpha value is -0.960. The Bertz CT molecular complexity index is 417. The minimum absolute atomic E-state index is 0.137. The molecule has 0 amide bonds. The van der Waals surface area contributed by atoms with Crippen molar-refractivity contribution in [3.8, 4) is 0 Å². The molecule has 1 aliphatic rings. The van der Waals surface area contributed by atoms with Crippen molar-refractivity contribution in [1.29, 1.82) is 0 Å². The predicted molar refractivity (Wildman–Crippen MR) is 74.1 cm³/mol. The summed E-state index contributed by atoms with van der Waals surface area (Å²) in [5.74, 6) is -0.238. The van der Waals surface area contributed by atoms with Crippen LogP contribution in [0, 0.1) is 23.5 Å². The van der Waals surface area contributed by atoms with Crippen LogP contribution in [0.15, 0.2) is 18.2 Å². The Morgan fingerprint density at radius 3 is 2.79 bits per heavy atom. The smallest absolute Gasteiger partial charge is 0.162 e. The van der Waals surface area contributed by atoms with Crippen molar-refractivity contribution < 1.29 is 8.78 Å². The van der Waals surface area contributed by atoms with Gasteiger partial charge in [0, 0.05) is 0 Å². The molecule has 106 valence electrons. The van der Waals surface area contributed by atoms with E-state index in [9.17, 15) is 8.78 Å². The highest BCUT2D eigenvalue weighted by atomic mass is 19.2. The molecule has 0 bridgehead atoms. The first kappa shape index (κ1) is 14.4. The maximum Gasteiger partial charge on any atom is 0.162 e. The monoisotopic (exact) mass is 267 g/mol. The molecule has 0 aromatic heterocycles. The van der Waals surface area contributed by atoms with Crippen molar-refractivity contribution in [1.82, 2.24) is 5.32 Å². The second-order valence-electron chi connectivity index (χ2n) is 5.74. The van der Waals surface area contributed by atoms with E-state index in [1.54, 1.807) is 12.1 Å². The third-order valence-corrected chi connectivity index (χ3v) is 4.29. The van der Waals surface area contributed by atoms with Gasteiger partial charge in [0.15, 0.2) is 11.6 Å². The van der Waals surface area contributed by atoms with Crippen molar-refractivity contribution >= 4 is 0 Å². The van der Waals surface area contributed by atoms with Gasteiger partial charge in [-0.2, -0.15) is 0 Å². The summed E-state index contributed by atoms with van der Waals surface area (Å²) in [6.45, 7) is 6.09. The standard InChI is InChI=1S/C16H23F2N/c1-3-19-10-12-8-7-11(2)9-14(12)13-5-4-6-15(17)16(13)18/h4-6,11-12,14,19H,3,7-10H2,1-2H3. The highest BCUT2D eigenvalue weighted by molar-refractivity contribution is 5.24. The second kappa shape index (κ2) is 6.47. The molecule has 1 N–H and O–H groups in total. The Balaban J connectivity index is 2.23. The molecule has 3 atom stereocenters. The Kier molecular flexibility index (Phi) is 4.92. The molecule has 1 fully saturated rings. The van der Waals surface area contributed by atoms with Gasteiger partial charge < -0.3 is 5.32 Å². The zero-order valence-electron chi connectivity index (χ0n) is 11.8. The van der Waals surface area contributed by atoms with Crippen LogP contribution in [0.4, 0.5) is 8.78 Å². The van der Waals surface area contributed by atoms with Crippen molar-refractivity contribution in [3.63, 3.8) is 0 Å². The minimum atomic E-state index is -0.724. The van der Waals surface area contributed by atoms with Gasteiger partial charge in [0.2, 0.25) is 0 Å². The van der Waals surface area contributed by atoms with Crippen molar-refractivity contribution in [2.75, 3.05) is 13.1 Å². The van der Waals surface area contributed by atoms with E-state index < -0.39 is 11.6 Å². The number of hydrogen-bond donors (Lipinski definition) is 1. The lowest BCUT2D eigenvalue weighted by Gasteiger charge is -2.35. The molecule has 2 rings (SSSR count). The first-order chi connectivity index (χ1) is 9.13. The zero-order chi connectivity index (χ0) is 13.8. The highest BCUT2D eigenvalue weighted by Gasteiger charge is 2.31. The quantitative estimate of drug-likeness (QED) is 0.866. The van der Waals surface area contributed by atoms with E-state index in [2.05, 4.69) is 19.2 Å². The average molecular weight is 267 g/mol. The molecule has 1 nitrogen and oxygen atoms in total. The van der Waals surface area contributed by atoms with Gasteiger partial charge in [-0.1, -0.05) is 32.4 Å². The number of benzene rings is 1. The normalized spacial score (nSPS) is 27.5. The molecule has 3 heteroatoms. The summed E-state index contributed by atoms with van der Waals surface area (Å²) in [4.78, 5) is 0. The fourth-order valence-electron chi connectivity index (χ4n) is 3.21. The fraction of sp³-hybridized carbons (Fsp3) is 0.625. The summed E-state index contributed by atoms with van der Waals surface area (Å²) < 4.78 is 27.4. The summed E-state index contributed by atoms with van der Waals surface area (Å²) in [5, 5.41) is 3.35. The second-order valence-corrected chi connectivity index (χ2v) is 5.74. The van der Waals surface area contributed by atoms with Crippen LogP contribution in [0.25, 0.3) is 0 Å². The first-order valence-electron chi connectivity index (χ1n) is 7.28. The van der Waals surface area contributed by atoms with Crippen LogP contribution >= 0.6 is 0 Å². The van der Waals surface area contributed by atoms with Gasteiger partial charge in [0.1, 0.15) is 0 Å². The summed E-state index contributed by atoms with van der Waals surface area (Å²) >= 11 is 0. The molecular weight excluding hydrogens is 244 g/mol. The third-order valence-electron chi connectivity index (χ3n) is 4.29. The van der Waals surface area contributed by atoms with Crippen LogP contribution in [-0.4, -0.2) is 13.1 Å². The van der Waals surface area contributed by atoms with Gasteiger partial charge in [-0.25, -0.2) is 8.78 Å². The van der Waals surface area contributed by atoms with Gasteiger partial charge >= 0.3 is 0 Å². The van der Waals surface area contributed by atoms with Gasteiger partial charge in [-0.15, -0.1) is 0 Å². The number of nitrogens with one attached hydrogen (secondary N) is 1. The van der Waals surface area contributed by atoms with E-state index in [4.69, 9.17) is 0 Å². The summed E-state index contributed by atoms with van der Waals surface area (Å²) in [6.07, 6.45) is 3.23. The van der Waals surface area contributed by atoms with E-state index >= 15 is 0 Å². The Morgan fingerprint density at radius 1 is 1.26 bits per heavy atom. The molecule has 19 heavy (non-hydrogen) atoms. The maximum absolute atomic E-state index is 14.0. The number of halogens is 2. The van der Waals surface area contributed by atoms with E-state index in [1.165, 1.54) is 12.5 Å². The van der Waals surface area contributed by atoms with Crippen LogP contribution in [0.2, 0.25) is 0 Å². The van der Waals surface area contributed by atoms with Gasteiger partial charge in [0.25, 0.3) is 0 Å². The number of rotatable bonds is 4. The molecule has 0 aliphatic heterocycles. The maximum atomic E-state index is 14.0. The van der Waals surface area contributed by atoms with Crippen LogP contribution in [0.1, 0.15) is 44.6 Å². The number of hydrogen-bond acceptors (Lipinski definition) is 1. The van der Waals surface area contributed by atoms with E-state index in [0.29, 0.717) is 17.4 Å².